The molecule has 0 aliphatic rings. The fourth-order valence-electron chi connectivity index (χ4n) is 2.41. The van der Waals surface area contributed by atoms with Gasteiger partial charge in [-0.15, -0.1) is 0 Å². The number of rotatable bonds is 7. The Morgan fingerprint density at radius 2 is 1.87 bits per heavy atom. The molecule has 0 unspecified atom stereocenters. The lowest BCUT2D eigenvalue weighted by molar-refractivity contribution is -0.684. The van der Waals surface area contributed by atoms with Gasteiger partial charge in [-0.2, -0.15) is 4.57 Å². The van der Waals surface area contributed by atoms with Crippen LogP contribution in [-0.4, -0.2) is 17.7 Å². The molecule has 1 atom stereocenters. The van der Waals surface area contributed by atoms with Crippen molar-refractivity contribution in [2.75, 3.05) is 0 Å². The largest absolute Gasteiger partial charge is 0.348 e. The van der Waals surface area contributed by atoms with Crippen LogP contribution < -0.4 is 9.88 Å². The van der Waals surface area contributed by atoms with E-state index in [1.165, 1.54) is 12.5 Å². The van der Waals surface area contributed by atoms with Gasteiger partial charge in [0.1, 0.15) is 0 Å². The number of hydrogen-bond acceptors (Lipinski definition) is 2. The molecule has 0 saturated carbocycles. The molecule has 1 aromatic carbocycles. The summed E-state index contributed by atoms with van der Waals surface area (Å²) in [7, 11) is 0. The van der Waals surface area contributed by atoms with Crippen molar-refractivity contribution in [3.05, 3.63) is 66.0 Å². The number of hydrogen-bond donors (Lipinski definition) is 1. The number of carbonyl (C=O) groups excluding carboxylic acids is 2. The highest BCUT2D eigenvalue weighted by molar-refractivity contribution is 5.93. The molecule has 0 aliphatic carbocycles. The van der Waals surface area contributed by atoms with Crippen molar-refractivity contribution in [2.24, 2.45) is 0 Å². The first kappa shape index (κ1) is 16.9. The van der Waals surface area contributed by atoms with Crippen LogP contribution in [0.25, 0.3) is 0 Å². The van der Waals surface area contributed by atoms with Gasteiger partial charge in [-0.1, -0.05) is 30.3 Å². The average Bonchev–Trinajstić information content (AvgIpc) is 2.54. The minimum atomic E-state index is -0.0451. The molecule has 0 bridgehead atoms. The molecule has 0 aliphatic heterocycles. The molecule has 2 aromatic rings. The number of aryl methyl sites for hydroxylation is 1. The van der Waals surface area contributed by atoms with Crippen LogP contribution in [0.1, 0.15) is 36.2 Å². The third-order valence-electron chi connectivity index (χ3n) is 3.71. The van der Waals surface area contributed by atoms with Crippen molar-refractivity contribution in [3.63, 3.8) is 0 Å². The highest BCUT2D eigenvalue weighted by Gasteiger charge is 2.13. The number of aromatic nitrogens is 1. The summed E-state index contributed by atoms with van der Waals surface area (Å²) in [5.74, 6) is -0.0488. The van der Waals surface area contributed by atoms with Gasteiger partial charge in [-0.25, -0.2) is 0 Å². The van der Waals surface area contributed by atoms with E-state index in [0.717, 1.165) is 12.8 Å². The third kappa shape index (κ3) is 5.66. The topological polar surface area (TPSA) is 50.0 Å². The van der Waals surface area contributed by atoms with Gasteiger partial charge in [0.05, 0.1) is 5.56 Å². The van der Waals surface area contributed by atoms with Gasteiger partial charge in [-0.05, 0) is 38.3 Å². The molecule has 0 saturated heterocycles. The predicted octanol–water partition coefficient (Wildman–Crippen LogP) is 2.31. The third-order valence-corrected chi connectivity index (χ3v) is 3.71. The van der Waals surface area contributed by atoms with Crippen LogP contribution in [0.4, 0.5) is 0 Å². The summed E-state index contributed by atoms with van der Waals surface area (Å²) in [4.78, 5) is 23.5. The Hall–Kier alpha value is -2.49. The summed E-state index contributed by atoms with van der Waals surface area (Å²) in [6.07, 6.45) is 5.33. The second kappa shape index (κ2) is 8.22. The van der Waals surface area contributed by atoms with E-state index in [0.29, 0.717) is 5.56 Å². The molecular formula is C19H23N2O2+. The van der Waals surface area contributed by atoms with E-state index in [1.807, 2.05) is 25.1 Å². The normalized spacial score (nSPS) is 11.7. The first-order chi connectivity index (χ1) is 11.0. The van der Waals surface area contributed by atoms with E-state index in [9.17, 15) is 9.59 Å². The Bertz CT molecular complexity index is 668. The molecule has 4 heteroatoms. The molecule has 23 heavy (non-hydrogen) atoms. The Morgan fingerprint density at radius 1 is 1.13 bits per heavy atom. The van der Waals surface area contributed by atoms with Crippen LogP contribution in [0.5, 0.6) is 0 Å². The van der Waals surface area contributed by atoms with Gasteiger partial charge in [-0.3, -0.25) is 9.59 Å². The zero-order valence-corrected chi connectivity index (χ0v) is 13.7. The van der Waals surface area contributed by atoms with Gasteiger partial charge >= 0.3 is 0 Å². The van der Waals surface area contributed by atoms with Gasteiger partial charge in [0.25, 0.3) is 5.91 Å². The van der Waals surface area contributed by atoms with Crippen molar-refractivity contribution in [3.8, 4) is 0 Å². The summed E-state index contributed by atoms with van der Waals surface area (Å²) in [6, 6.07) is 13.9. The van der Waals surface area contributed by atoms with Crippen LogP contribution in [0.3, 0.4) is 0 Å². The van der Waals surface area contributed by atoms with E-state index in [2.05, 4.69) is 17.4 Å². The first-order valence-corrected chi connectivity index (χ1v) is 7.88. The lowest BCUT2D eigenvalue weighted by Crippen LogP contribution is -2.45. The SMILES string of the molecule is CC(=O)c1ccc[n+](CC(=O)N[C@H](C)CCc2ccccc2)c1. The molecular weight excluding hydrogens is 288 g/mol. The zero-order chi connectivity index (χ0) is 16.7. The van der Waals surface area contributed by atoms with Crippen LogP contribution in [0, 0.1) is 0 Å². The molecule has 120 valence electrons. The molecule has 1 amide bonds. The highest BCUT2D eigenvalue weighted by Crippen LogP contribution is 2.04. The molecule has 2 rings (SSSR count). The standard InChI is InChI=1S/C19H22N2O2/c1-15(10-11-17-7-4-3-5-8-17)20-19(23)14-21-12-6-9-18(13-21)16(2)22/h3-9,12-13,15H,10-11,14H2,1-2H3/p+1/t15-/m1/s1. The zero-order valence-electron chi connectivity index (χ0n) is 13.7. The van der Waals surface area contributed by atoms with Crippen molar-refractivity contribution in [1.29, 1.82) is 0 Å². The van der Waals surface area contributed by atoms with Crippen molar-refractivity contribution >= 4 is 11.7 Å². The number of nitrogens with one attached hydrogen (secondary N) is 1. The van der Waals surface area contributed by atoms with Crippen molar-refractivity contribution < 1.29 is 14.2 Å². The lowest BCUT2D eigenvalue weighted by atomic mass is 10.1. The van der Waals surface area contributed by atoms with E-state index in [-0.39, 0.29) is 24.3 Å². The maximum Gasteiger partial charge on any atom is 0.286 e. The fraction of sp³-hybridized carbons (Fsp3) is 0.316. The Balaban J connectivity index is 1.82. The second-order valence-corrected chi connectivity index (χ2v) is 5.81. The summed E-state index contributed by atoms with van der Waals surface area (Å²) >= 11 is 0. The number of amides is 1. The Morgan fingerprint density at radius 3 is 2.57 bits per heavy atom. The fourth-order valence-corrected chi connectivity index (χ4v) is 2.41. The second-order valence-electron chi connectivity index (χ2n) is 5.81. The van der Waals surface area contributed by atoms with E-state index in [1.54, 1.807) is 29.1 Å². The van der Waals surface area contributed by atoms with Crippen LogP contribution >= 0.6 is 0 Å². The molecule has 4 nitrogen and oxygen atoms in total. The maximum absolute atomic E-state index is 12.1. The monoisotopic (exact) mass is 311 g/mol. The van der Waals surface area contributed by atoms with Gasteiger partial charge in [0, 0.05) is 12.1 Å². The molecule has 0 spiro atoms. The quantitative estimate of drug-likeness (QED) is 0.630. The van der Waals surface area contributed by atoms with Crippen molar-refractivity contribution in [1.82, 2.24) is 5.32 Å². The molecule has 1 N–H and O–H groups in total. The van der Waals surface area contributed by atoms with Gasteiger partial charge < -0.3 is 5.32 Å². The number of ketones is 1. The number of benzene rings is 1. The molecule has 0 fully saturated rings. The minimum Gasteiger partial charge on any atom is -0.348 e. The van der Waals surface area contributed by atoms with E-state index >= 15 is 0 Å². The molecule has 0 radical (unpaired) electrons. The van der Waals surface area contributed by atoms with Crippen molar-refractivity contribution in [2.45, 2.75) is 39.3 Å². The predicted molar refractivity (Wildman–Crippen MR) is 89.0 cm³/mol. The average molecular weight is 311 g/mol. The number of carbonyl (C=O) groups is 2. The number of Topliss-reactive ketones (excluding diaryl/α,β-unsaturated/α-hetero) is 1. The smallest absolute Gasteiger partial charge is 0.286 e. The van der Waals surface area contributed by atoms with Gasteiger partial charge in [0.15, 0.2) is 18.2 Å². The minimum absolute atomic E-state index is 0.00372. The lowest BCUT2D eigenvalue weighted by Gasteiger charge is -2.12. The van der Waals surface area contributed by atoms with Crippen LogP contribution in [-0.2, 0) is 17.8 Å². The van der Waals surface area contributed by atoms with Gasteiger partial charge in [0.2, 0.25) is 6.54 Å². The van der Waals surface area contributed by atoms with E-state index < -0.39 is 0 Å². The highest BCUT2D eigenvalue weighted by atomic mass is 16.2. The van der Waals surface area contributed by atoms with Crippen LogP contribution in [0.2, 0.25) is 0 Å². The molecule has 1 aromatic heterocycles. The number of pyridine rings is 1. The summed E-state index contributed by atoms with van der Waals surface area (Å²) in [5, 5.41) is 3.00. The summed E-state index contributed by atoms with van der Waals surface area (Å²) in [5.41, 5.74) is 1.88. The van der Waals surface area contributed by atoms with Crippen LogP contribution in [0.15, 0.2) is 54.9 Å². The number of nitrogens with zero attached hydrogens (tertiary/aromatic N) is 1. The Labute approximate surface area is 137 Å². The molecule has 1 heterocycles. The maximum atomic E-state index is 12.1. The van der Waals surface area contributed by atoms with E-state index in [4.69, 9.17) is 0 Å². The summed E-state index contributed by atoms with van der Waals surface area (Å²) < 4.78 is 1.73. The summed E-state index contributed by atoms with van der Waals surface area (Å²) in [6.45, 7) is 3.75. The Kier molecular flexibility index (Phi) is 6.03. The first-order valence-electron chi connectivity index (χ1n) is 7.88.